The molecule has 0 atom stereocenters. The molecule has 0 aliphatic heterocycles. The van der Waals surface area contributed by atoms with E-state index in [0.717, 1.165) is 36.8 Å². The summed E-state index contributed by atoms with van der Waals surface area (Å²) in [7, 11) is 2.08. The Bertz CT molecular complexity index is 508. The van der Waals surface area contributed by atoms with E-state index in [2.05, 4.69) is 32.2 Å². The summed E-state index contributed by atoms with van der Waals surface area (Å²) in [6.07, 6.45) is 3.61. The van der Waals surface area contributed by atoms with Crippen LogP contribution in [0.1, 0.15) is 23.2 Å². The topological polar surface area (TPSA) is 53.9 Å². The number of nitrogens with zero attached hydrogens (tertiary/aromatic N) is 4. The highest BCUT2D eigenvalue weighted by Gasteiger charge is 2.07. The molecule has 0 fully saturated rings. The van der Waals surface area contributed by atoms with Gasteiger partial charge in [0.05, 0.1) is 29.3 Å². The molecule has 5 nitrogen and oxygen atoms in total. The predicted octanol–water partition coefficient (Wildman–Crippen LogP) is 2.31. The van der Waals surface area contributed by atoms with Gasteiger partial charge in [0.25, 0.3) is 0 Å². The Morgan fingerprint density at radius 3 is 2.63 bits per heavy atom. The molecule has 0 spiro atoms. The Morgan fingerprint density at radius 2 is 2.05 bits per heavy atom. The number of hydrogen-bond donors (Lipinski definition) is 1. The molecule has 1 N–H and O–H groups in total. The monoisotopic (exact) mass is 277 g/mol. The number of thiazole rings is 1. The van der Waals surface area contributed by atoms with Gasteiger partial charge in [0, 0.05) is 24.5 Å². The Morgan fingerprint density at radius 1 is 1.21 bits per heavy atom. The van der Waals surface area contributed by atoms with E-state index in [-0.39, 0.29) is 0 Å². The minimum Gasteiger partial charge on any atom is -0.369 e. The summed E-state index contributed by atoms with van der Waals surface area (Å²) in [6.45, 7) is 6.63. The maximum atomic E-state index is 4.41. The molecule has 0 bridgehead atoms. The number of hydrogen-bond acceptors (Lipinski definition) is 6. The van der Waals surface area contributed by atoms with Gasteiger partial charge < -0.3 is 5.32 Å². The van der Waals surface area contributed by atoms with Crippen LogP contribution in [-0.4, -0.2) is 33.4 Å². The van der Waals surface area contributed by atoms with E-state index in [1.165, 1.54) is 4.88 Å². The summed E-state index contributed by atoms with van der Waals surface area (Å²) in [5.41, 5.74) is 3.99. The Balaban J connectivity index is 1.91. The van der Waals surface area contributed by atoms with Gasteiger partial charge in [-0.1, -0.05) is 0 Å². The second-order valence-corrected chi connectivity index (χ2v) is 5.40. The van der Waals surface area contributed by atoms with Gasteiger partial charge in [0.1, 0.15) is 5.82 Å². The van der Waals surface area contributed by atoms with Crippen LogP contribution in [0.5, 0.6) is 0 Å². The Kier molecular flexibility index (Phi) is 4.81. The summed E-state index contributed by atoms with van der Waals surface area (Å²) >= 11 is 1.70. The lowest BCUT2D eigenvalue weighted by molar-refractivity contribution is 0.316. The molecule has 0 saturated heterocycles. The lowest BCUT2D eigenvalue weighted by atomic mass is 10.3. The smallest absolute Gasteiger partial charge is 0.144 e. The zero-order chi connectivity index (χ0) is 13.7. The highest BCUT2D eigenvalue weighted by atomic mass is 32.1. The van der Waals surface area contributed by atoms with Crippen LogP contribution >= 0.6 is 11.3 Å². The molecule has 2 aromatic rings. The lowest BCUT2D eigenvalue weighted by Gasteiger charge is -2.15. The van der Waals surface area contributed by atoms with Crippen LogP contribution < -0.4 is 5.32 Å². The summed E-state index contributed by atoms with van der Waals surface area (Å²) in [5.74, 6) is 0.826. The third-order valence-electron chi connectivity index (χ3n) is 2.75. The molecule has 0 aliphatic carbocycles. The van der Waals surface area contributed by atoms with Crippen LogP contribution in [0.2, 0.25) is 0 Å². The van der Waals surface area contributed by atoms with Gasteiger partial charge in [-0.15, -0.1) is 11.3 Å². The van der Waals surface area contributed by atoms with E-state index >= 15 is 0 Å². The fourth-order valence-electron chi connectivity index (χ4n) is 1.76. The molecular formula is C13H19N5S. The maximum absolute atomic E-state index is 4.41. The first-order valence-electron chi connectivity index (χ1n) is 6.31. The number of aromatic nitrogens is 3. The Labute approximate surface area is 117 Å². The molecule has 6 heteroatoms. The normalized spacial score (nSPS) is 10.9. The van der Waals surface area contributed by atoms with E-state index in [4.69, 9.17) is 0 Å². The fraction of sp³-hybridized carbons (Fsp3) is 0.462. The summed E-state index contributed by atoms with van der Waals surface area (Å²) in [5, 5.41) is 3.14. The number of nitrogens with one attached hydrogen (secondary N) is 1. The molecule has 102 valence electrons. The van der Waals surface area contributed by atoms with Gasteiger partial charge in [0.15, 0.2) is 0 Å². The van der Waals surface area contributed by atoms with Crippen LogP contribution in [0.4, 0.5) is 5.82 Å². The van der Waals surface area contributed by atoms with Crippen molar-refractivity contribution in [3.05, 3.63) is 34.2 Å². The van der Waals surface area contributed by atoms with Crippen LogP contribution in [-0.2, 0) is 13.1 Å². The molecule has 0 radical (unpaired) electrons. The van der Waals surface area contributed by atoms with Crippen LogP contribution in [0, 0.1) is 6.92 Å². The minimum absolute atomic E-state index is 0.788. The highest BCUT2D eigenvalue weighted by molar-refractivity contribution is 7.09. The fourth-order valence-corrected chi connectivity index (χ4v) is 2.62. The zero-order valence-corrected chi connectivity index (χ0v) is 12.4. The minimum atomic E-state index is 0.788. The predicted molar refractivity (Wildman–Crippen MR) is 78.2 cm³/mol. The SMILES string of the molecule is CCNc1cnc(CN(C)Cc2scnc2C)cn1. The molecule has 2 rings (SSSR count). The van der Waals surface area contributed by atoms with Crippen LogP contribution in [0.25, 0.3) is 0 Å². The van der Waals surface area contributed by atoms with Crippen LogP contribution in [0.15, 0.2) is 17.9 Å². The first-order valence-corrected chi connectivity index (χ1v) is 7.19. The van der Waals surface area contributed by atoms with Crippen molar-refractivity contribution in [2.24, 2.45) is 0 Å². The second kappa shape index (κ2) is 6.58. The summed E-state index contributed by atoms with van der Waals surface area (Å²) in [4.78, 5) is 16.5. The third-order valence-corrected chi connectivity index (χ3v) is 3.67. The number of aryl methyl sites for hydroxylation is 1. The van der Waals surface area contributed by atoms with Gasteiger partial charge >= 0.3 is 0 Å². The lowest BCUT2D eigenvalue weighted by Crippen LogP contribution is -2.18. The van der Waals surface area contributed by atoms with Crippen molar-refractivity contribution in [1.29, 1.82) is 0 Å². The van der Waals surface area contributed by atoms with Crippen molar-refractivity contribution >= 4 is 17.2 Å². The van der Waals surface area contributed by atoms with Crippen molar-refractivity contribution in [1.82, 2.24) is 19.9 Å². The quantitative estimate of drug-likeness (QED) is 0.878. The van der Waals surface area contributed by atoms with E-state index < -0.39 is 0 Å². The standard InChI is InChI=1S/C13H19N5S/c1-4-14-13-6-15-11(5-16-13)7-18(3)8-12-10(2)17-9-19-12/h5-6,9H,4,7-8H2,1-3H3,(H,14,16). The third kappa shape index (κ3) is 3.97. The zero-order valence-electron chi connectivity index (χ0n) is 11.6. The van der Waals surface area contributed by atoms with E-state index in [9.17, 15) is 0 Å². The van der Waals surface area contributed by atoms with Gasteiger partial charge in [0.2, 0.25) is 0 Å². The number of rotatable bonds is 6. The van der Waals surface area contributed by atoms with Crippen molar-refractivity contribution in [3.8, 4) is 0 Å². The summed E-state index contributed by atoms with van der Waals surface area (Å²) in [6, 6.07) is 0. The van der Waals surface area contributed by atoms with E-state index in [0.29, 0.717) is 0 Å². The summed E-state index contributed by atoms with van der Waals surface area (Å²) < 4.78 is 0. The molecule has 0 amide bonds. The van der Waals surface area contributed by atoms with Gasteiger partial charge in [-0.05, 0) is 20.9 Å². The molecule has 0 saturated carbocycles. The highest BCUT2D eigenvalue weighted by Crippen LogP contribution is 2.15. The average Bonchev–Trinajstić information content (AvgIpc) is 2.78. The molecule has 0 aliphatic rings. The Hall–Kier alpha value is -1.53. The second-order valence-electron chi connectivity index (χ2n) is 4.46. The van der Waals surface area contributed by atoms with Gasteiger partial charge in [-0.3, -0.25) is 9.88 Å². The molecule has 2 aromatic heterocycles. The van der Waals surface area contributed by atoms with E-state index in [1.54, 1.807) is 17.5 Å². The molecule has 0 aromatic carbocycles. The molecule has 19 heavy (non-hydrogen) atoms. The largest absolute Gasteiger partial charge is 0.369 e. The maximum Gasteiger partial charge on any atom is 0.144 e. The van der Waals surface area contributed by atoms with E-state index in [1.807, 2.05) is 25.6 Å². The first-order chi connectivity index (χ1) is 9.19. The molecule has 2 heterocycles. The van der Waals surface area contributed by atoms with Crippen molar-refractivity contribution < 1.29 is 0 Å². The number of anilines is 1. The van der Waals surface area contributed by atoms with Gasteiger partial charge in [-0.25, -0.2) is 9.97 Å². The van der Waals surface area contributed by atoms with Crippen molar-refractivity contribution in [3.63, 3.8) is 0 Å². The molecule has 0 unspecified atom stereocenters. The van der Waals surface area contributed by atoms with Crippen LogP contribution in [0.3, 0.4) is 0 Å². The first kappa shape index (κ1) is 13.9. The van der Waals surface area contributed by atoms with Gasteiger partial charge in [-0.2, -0.15) is 0 Å². The van der Waals surface area contributed by atoms with Crippen molar-refractivity contribution in [2.45, 2.75) is 26.9 Å². The molecular weight excluding hydrogens is 258 g/mol. The van der Waals surface area contributed by atoms with Crippen molar-refractivity contribution in [2.75, 3.05) is 18.9 Å². The average molecular weight is 277 g/mol.